The molecule has 0 aliphatic rings. The number of aromatic nitrogens is 2. The fourth-order valence-electron chi connectivity index (χ4n) is 1.46. The van der Waals surface area contributed by atoms with Gasteiger partial charge in [0.1, 0.15) is 5.03 Å². The first kappa shape index (κ1) is 13.1. The minimum Gasteiger partial charge on any atom is -0.469 e. The Morgan fingerprint density at radius 3 is 2.94 bits per heavy atom. The number of halogens is 1. The highest BCUT2D eigenvalue weighted by Crippen LogP contribution is 2.26. The maximum atomic E-state index is 11.0. The first-order valence-electron chi connectivity index (χ1n) is 5.32. The summed E-state index contributed by atoms with van der Waals surface area (Å²) in [5.74, 6) is 0.372. The van der Waals surface area contributed by atoms with Gasteiger partial charge < -0.3 is 4.74 Å². The van der Waals surface area contributed by atoms with Gasteiger partial charge in [-0.05, 0) is 17.7 Å². The van der Waals surface area contributed by atoms with Gasteiger partial charge in [0.2, 0.25) is 5.28 Å². The third-order valence-corrected chi connectivity index (χ3v) is 3.48. The van der Waals surface area contributed by atoms with Gasteiger partial charge in [0.15, 0.2) is 0 Å². The molecule has 0 unspecified atom stereocenters. The van der Waals surface area contributed by atoms with E-state index >= 15 is 0 Å². The van der Waals surface area contributed by atoms with Crippen molar-refractivity contribution in [3.05, 3.63) is 29.5 Å². The smallest absolute Gasteiger partial charge is 0.306 e. The Morgan fingerprint density at radius 2 is 2.17 bits per heavy atom. The number of para-hydroxylation sites is 1. The summed E-state index contributed by atoms with van der Waals surface area (Å²) in [6.07, 6.45) is 0.344. The average molecular weight is 283 g/mol. The Kier molecular flexibility index (Phi) is 4.38. The predicted molar refractivity (Wildman–Crippen MR) is 71.9 cm³/mol. The quantitative estimate of drug-likeness (QED) is 0.373. The zero-order chi connectivity index (χ0) is 13.0. The number of esters is 1. The molecule has 0 N–H and O–H groups in total. The second-order valence-electron chi connectivity index (χ2n) is 3.49. The van der Waals surface area contributed by atoms with Crippen LogP contribution in [0.2, 0.25) is 5.28 Å². The number of hydrogen-bond donors (Lipinski definition) is 0. The largest absolute Gasteiger partial charge is 0.469 e. The van der Waals surface area contributed by atoms with Crippen molar-refractivity contribution in [3.8, 4) is 0 Å². The number of ether oxygens (including phenoxy) is 1. The van der Waals surface area contributed by atoms with Crippen molar-refractivity contribution in [1.29, 1.82) is 0 Å². The zero-order valence-electron chi connectivity index (χ0n) is 9.72. The van der Waals surface area contributed by atoms with Crippen molar-refractivity contribution >= 4 is 40.2 Å². The van der Waals surface area contributed by atoms with Crippen LogP contribution in [0, 0.1) is 0 Å². The van der Waals surface area contributed by atoms with Crippen LogP contribution in [0.5, 0.6) is 0 Å². The lowest BCUT2D eigenvalue weighted by Crippen LogP contribution is -2.01. The molecule has 0 aliphatic heterocycles. The van der Waals surface area contributed by atoms with Crippen LogP contribution in [0.25, 0.3) is 10.9 Å². The predicted octanol–water partition coefficient (Wildman–Crippen LogP) is 2.94. The highest BCUT2D eigenvalue weighted by atomic mass is 35.5. The molecule has 6 heteroatoms. The molecule has 4 nitrogen and oxygen atoms in total. The highest BCUT2D eigenvalue weighted by Gasteiger charge is 2.08. The lowest BCUT2D eigenvalue weighted by atomic mass is 10.2. The van der Waals surface area contributed by atoms with E-state index in [9.17, 15) is 4.79 Å². The van der Waals surface area contributed by atoms with Crippen molar-refractivity contribution in [3.63, 3.8) is 0 Å². The Bertz CT molecular complexity index is 577. The van der Waals surface area contributed by atoms with Crippen LogP contribution in [0.3, 0.4) is 0 Å². The average Bonchev–Trinajstić information content (AvgIpc) is 2.38. The molecule has 0 saturated carbocycles. The van der Waals surface area contributed by atoms with E-state index in [0.29, 0.717) is 12.2 Å². The minimum absolute atomic E-state index is 0.217. The van der Waals surface area contributed by atoms with Crippen LogP contribution < -0.4 is 0 Å². The Hall–Kier alpha value is -1.33. The second-order valence-corrected chi connectivity index (χ2v) is 4.91. The van der Waals surface area contributed by atoms with Crippen LogP contribution in [-0.4, -0.2) is 28.8 Å². The fourth-order valence-corrected chi connectivity index (χ4v) is 2.63. The van der Waals surface area contributed by atoms with Crippen LogP contribution in [0.15, 0.2) is 29.3 Å². The first-order chi connectivity index (χ1) is 8.70. The Morgan fingerprint density at radius 1 is 1.39 bits per heavy atom. The number of thioether (sulfide) groups is 1. The molecule has 1 heterocycles. The molecule has 2 rings (SSSR count). The lowest BCUT2D eigenvalue weighted by Gasteiger charge is -2.05. The van der Waals surface area contributed by atoms with Crippen molar-refractivity contribution in [1.82, 2.24) is 9.97 Å². The molecule has 1 aromatic carbocycles. The minimum atomic E-state index is -0.230. The molecular formula is C12H11ClN2O2S. The molecule has 0 radical (unpaired) electrons. The van der Waals surface area contributed by atoms with E-state index in [2.05, 4.69) is 14.7 Å². The van der Waals surface area contributed by atoms with Gasteiger partial charge in [-0.25, -0.2) is 9.97 Å². The number of carbonyl (C=O) groups is 1. The molecule has 1 aromatic heterocycles. The molecular weight excluding hydrogens is 272 g/mol. The summed E-state index contributed by atoms with van der Waals surface area (Å²) in [4.78, 5) is 19.4. The number of hydrogen-bond acceptors (Lipinski definition) is 5. The van der Waals surface area contributed by atoms with Gasteiger partial charge in [-0.15, -0.1) is 11.8 Å². The number of carbonyl (C=O) groups excluding carboxylic acids is 1. The molecule has 0 atom stereocenters. The van der Waals surface area contributed by atoms with E-state index in [1.165, 1.54) is 18.9 Å². The summed E-state index contributed by atoms with van der Waals surface area (Å²) in [6.45, 7) is 0. The summed E-state index contributed by atoms with van der Waals surface area (Å²) < 4.78 is 4.59. The van der Waals surface area contributed by atoms with E-state index in [4.69, 9.17) is 11.6 Å². The van der Waals surface area contributed by atoms with Gasteiger partial charge in [-0.2, -0.15) is 0 Å². The summed E-state index contributed by atoms with van der Waals surface area (Å²) in [5, 5.41) is 1.94. The second kappa shape index (κ2) is 6.02. The van der Waals surface area contributed by atoms with Crippen LogP contribution in [-0.2, 0) is 9.53 Å². The van der Waals surface area contributed by atoms with Gasteiger partial charge in [0, 0.05) is 11.1 Å². The third kappa shape index (κ3) is 3.11. The maximum Gasteiger partial charge on any atom is 0.306 e. The Balaban J connectivity index is 2.19. The van der Waals surface area contributed by atoms with Gasteiger partial charge in [-0.1, -0.05) is 18.2 Å². The number of rotatable bonds is 4. The fraction of sp³-hybridized carbons (Fsp3) is 0.250. The highest BCUT2D eigenvalue weighted by molar-refractivity contribution is 7.99. The maximum absolute atomic E-state index is 11.0. The summed E-state index contributed by atoms with van der Waals surface area (Å²) in [5.41, 5.74) is 0.804. The molecule has 0 bridgehead atoms. The van der Waals surface area contributed by atoms with Crippen molar-refractivity contribution in [2.24, 2.45) is 0 Å². The van der Waals surface area contributed by atoms with Crippen molar-refractivity contribution in [2.75, 3.05) is 12.9 Å². The number of fused-ring (bicyclic) bond motifs is 1. The van der Waals surface area contributed by atoms with Gasteiger partial charge in [-0.3, -0.25) is 4.79 Å². The SMILES string of the molecule is COC(=O)CCSc1nc(Cl)nc2ccccc12. The third-order valence-electron chi connectivity index (χ3n) is 2.31. The van der Waals surface area contributed by atoms with Gasteiger partial charge in [0.05, 0.1) is 19.0 Å². The summed E-state index contributed by atoms with van der Waals surface area (Å²) in [6, 6.07) is 7.64. The van der Waals surface area contributed by atoms with E-state index in [-0.39, 0.29) is 11.3 Å². The zero-order valence-corrected chi connectivity index (χ0v) is 11.3. The molecule has 0 aliphatic carbocycles. The molecule has 0 saturated heterocycles. The normalized spacial score (nSPS) is 10.6. The van der Waals surface area contributed by atoms with Crippen LogP contribution in [0.4, 0.5) is 0 Å². The number of benzene rings is 1. The van der Waals surface area contributed by atoms with E-state index in [0.717, 1.165) is 15.9 Å². The lowest BCUT2D eigenvalue weighted by molar-refractivity contribution is -0.140. The topological polar surface area (TPSA) is 52.1 Å². The molecule has 94 valence electrons. The molecule has 0 spiro atoms. The monoisotopic (exact) mass is 282 g/mol. The molecule has 0 fully saturated rings. The Labute approximate surface area is 114 Å². The molecule has 18 heavy (non-hydrogen) atoms. The van der Waals surface area contributed by atoms with E-state index < -0.39 is 0 Å². The summed E-state index contributed by atoms with van der Waals surface area (Å²) in [7, 11) is 1.38. The summed E-state index contributed by atoms with van der Waals surface area (Å²) >= 11 is 7.34. The molecule has 2 aromatic rings. The molecule has 0 amide bonds. The van der Waals surface area contributed by atoms with Crippen LogP contribution in [0.1, 0.15) is 6.42 Å². The first-order valence-corrected chi connectivity index (χ1v) is 6.69. The number of methoxy groups -OCH3 is 1. The van der Waals surface area contributed by atoms with Crippen molar-refractivity contribution < 1.29 is 9.53 Å². The van der Waals surface area contributed by atoms with Gasteiger partial charge >= 0.3 is 5.97 Å². The van der Waals surface area contributed by atoms with E-state index in [1.54, 1.807) is 0 Å². The standard InChI is InChI=1S/C12H11ClN2O2S/c1-17-10(16)6-7-18-11-8-4-2-3-5-9(8)14-12(13)15-11/h2-5H,6-7H2,1H3. The van der Waals surface area contributed by atoms with Crippen molar-refractivity contribution in [2.45, 2.75) is 11.4 Å². The number of nitrogens with zero attached hydrogens (tertiary/aromatic N) is 2. The van der Waals surface area contributed by atoms with Gasteiger partial charge in [0.25, 0.3) is 0 Å². The van der Waals surface area contributed by atoms with Crippen LogP contribution >= 0.6 is 23.4 Å². The van der Waals surface area contributed by atoms with E-state index in [1.807, 2.05) is 24.3 Å².